The Balaban J connectivity index is 1.44. The summed E-state index contributed by atoms with van der Waals surface area (Å²) in [5.74, 6) is 1.65. The van der Waals surface area contributed by atoms with E-state index in [1.54, 1.807) is 4.90 Å². The monoisotopic (exact) mass is 363 g/mol. The Morgan fingerprint density at radius 2 is 2.07 bits per heavy atom. The largest absolute Gasteiger partial charge is 0.484 e. The molecular formula is C21H21N3O3. The van der Waals surface area contributed by atoms with Gasteiger partial charge < -0.3 is 14.2 Å². The van der Waals surface area contributed by atoms with Crippen molar-refractivity contribution in [3.05, 3.63) is 66.1 Å². The van der Waals surface area contributed by atoms with Gasteiger partial charge >= 0.3 is 0 Å². The minimum atomic E-state index is -0.191. The molecule has 1 aromatic heterocycles. The van der Waals surface area contributed by atoms with Crippen molar-refractivity contribution in [3.8, 4) is 17.1 Å². The van der Waals surface area contributed by atoms with E-state index < -0.39 is 0 Å². The summed E-state index contributed by atoms with van der Waals surface area (Å²) >= 11 is 0. The van der Waals surface area contributed by atoms with Crippen LogP contribution in [0.3, 0.4) is 0 Å². The number of aromatic nitrogens is 2. The molecule has 0 bridgehead atoms. The fourth-order valence-electron chi connectivity index (χ4n) is 3.33. The van der Waals surface area contributed by atoms with Crippen molar-refractivity contribution >= 4 is 5.91 Å². The van der Waals surface area contributed by atoms with Gasteiger partial charge in [-0.3, -0.25) is 4.79 Å². The summed E-state index contributed by atoms with van der Waals surface area (Å²) in [7, 11) is 0. The molecule has 6 nitrogen and oxygen atoms in total. The van der Waals surface area contributed by atoms with Crippen LogP contribution in [0, 0.1) is 6.92 Å². The smallest absolute Gasteiger partial charge is 0.261 e. The van der Waals surface area contributed by atoms with Gasteiger partial charge in [-0.25, -0.2) is 0 Å². The first-order chi connectivity index (χ1) is 13.2. The number of aryl methyl sites for hydroxylation is 1. The first-order valence-electron chi connectivity index (χ1n) is 9.09. The van der Waals surface area contributed by atoms with Crippen molar-refractivity contribution in [1.29, 1.82) is 0 Å². The van der Waals surface area contributed by atoms with Gasteiger partial charge in [0.1, 0.15) is 11.8 Å². The van der Waals surface area contributed by atoms with Gasteiger partial charge in [0.15, 0.2) is 6.61 Å². The molecule has 1 atom stereocenters. The zero-order valence-electron chi connectivity index (χ0n) is 15.2. The quantitative estimate of drug-likeness (QED) is 0.690. The molecular weight excluding hydrogens is 342 g/mol. The topological polar surface area (TPSA) is 68.5 Å². The molecule has 1 saturated heterocycles. The molecule has 6 heteroatoms. The Kier molecular flexibility index (Phi) is 4.87. The minimum absolute atomic E-state index is 0.000364. The number of amides is 1. The Hall–Kier alpha value is -3.15. The van der Waals surface area contributed by atoms with Crippen LogP contribution < -0.4 is 4.74 Å². The summed E-state index contributed by atoms with van der Waals surface area (Å²) in [6.45, 7) is 2.66. The Labute approximate surface area is 157 Å². The van der Waals surface area contributed by atoms with Gasteiger partial charge in [0.2, 0.25) is 11.7 Å². The fraction of sp³-hybridized carbons (Fsp3) is 0.286. The summed E-state index contributed by atoms with van der Waals surface area (Å²) in [6, 6.07) is 17.1. The number of benzene rings is 2. The highest BCUT2D eigenvalue weighted by molar-refractivity contribution is 5.78. The van der Waals surface area contributed by atoms with E-state index in [2.05, 4.69) is 10.1 Å². The third-order valence-electron chi connectivity index (χ3n) is 4.68. The van der Waals surface area contributed by atoms with Crippen molar-refractivity contribution in [2.75, 3.05) is 13.2 Å². The van der Waals surface area contributed by atoms with Crippen molar-refractivity contribution in [3.63, 3.8) is 0 Å². The van der Waals surface area contributed by atoms with E-state index in [-0.39, 0.29) is 18.6 Å². The SMILES string of the molecule is Cc1cccc(OCC(=O)N2CCCC2c2nc(-c3ccccc3)no2)c1. The maximum Gasteiger partial charge on any atom is 0.261 e. The average Bonchev–Trinajstić information content (AvgIpc) is 3.36. The number of rotatable bonds is 5. The number of carbonyl (C=O) groups is 1. The van der Waals surface area contributed by atoms with Crippen LogP contribution in [0.5, 0.6) is 5.75 Å². The summed E-state index contributed by atoms with van der Waals surface area (Å²) in [6.07, 6.45) is 1.72. The highest BCUT2D eigenvalue weighted by atomic mass is 16.5. The van der Waals surface area contributed by atoms with E-state index >= 15 is 0 Å². The number of hydrogen-bond acceptors (Lipinski definition) is 5. The van der Waals surface area contributed by atoms with Crippen LogP contribution in [0.1, 0.15) is 30.3 Å². The van der Waals surface area contributed by atoms with Crippen LogP contribution in [-0.2, 0) is 4.79 Å². The van der Waals surface area contributed by atoms with Gasteiger partial charge in [-0.2, -0.15) is 4.98 Å². The molecule has 0 radical (unpaired) electrons. The summed E-state index contributed by atoms with van der Waals surface area (Å²) in [5.41, 5.74) is 1.99. The van der Waals surface area contributed by atoms with Crippen molar-refractivity contribution in [1.82, 2.24) is 15.0 Å². The molecule has 3 aromatic rings. The number of nitrogens with zero attached hydrogens (tertiary/aromatic N) is 3. The lowest BCUT2D eigenvalue weighted by atomic mass is 10.2. The lowest BCUT2D eigenvalue weighted by Gasteiger charge is -2.21. The highest BCUT2D eigenvalue weighted by Gasteiger charge is 2.34. The Morgan fingerprint density at radius 3 is 2.89 bits per heavy atom. The molecule has 0 spiro atoms. The minimum Gasteiger partial charge on any atom is -0.484 e. The predicted molar refractivity (Wildman–Crippen MR) is 100 cm³/mol. The lowest BCUT2D eigenvalue weighted by Crippen LogP contribution is -2.34. The molecule has 1 aliphatic heterocycles. The Morgan fingerprint density at radius 1 is 1.22 bits per heavy atom. The van der Waals surface area contributed by atoms with Crippen LogP contribution in [0.4, 0.5) is 0 Å². The van der Waals surface area contributed by atoms with Gasteiger partial charge in [0, 0.05) is 12.1 Å². The molecule has 1 fully saturated rings. The van der Waals surface area contributed by atoms with Gasteiger partial charge in [0.25, 0.3) is 5.91 Å². The van der Waals surface area contributed by atoms with Crippen LogP contribution in [0.15, 0.2) is 59.1 Å². The molecule has 138 valence electrons. The number of hydrogen-bond donors (Lipinski definition) is 0. The van der Waals surface area contributed by atoms with Crippen molar-refractivity contribution in [2.24, 2.45) is 0 Å². The number of carbonyl (C=O) groups excluding carboxylic acids is 1. The molecule has 2 aromatic carbocycles. The summed E-state index contributed by atoms with van der Waals surface area (Å²) in [4.78, 5) is 19.0. The molecule has 4 rings (SSSR count). The Bertz CT molecular complexity index is 923. The van der Waals surface area contributed by atoms with E-state index in [9.17, 15) is 4.79 Å². The highest BCUT2D eigenvalue weighted by Crippen LogP contribution is 2.32. The molecule has 2 heterocycles. The normalized spacial score (nSPS) is 16.5. The van der Waals surface area contributed by atoms with Gasteiger partial charge in [0.05, 0.1) is 0 Å². The molecule has 0 saturated carbocycles. The maximum atomic E-state index is 12.7. The van der Waals surface area contributed by atoms with Gasteiger partial charge in [-0.05, 0) is 37.5 Å². The van der Waals surface area contributed by atoms with E-state index in [0.717, 1.165) is 24.0 Å². The second-order valence-electron chi connectivity index (χ2n) is 6.67. The second kappa shape index (κ2) is 7.61. The molecule has 1 unspecified atom stereocenters. The van der Waals surface area contributed by atoms with Crippen molar-refractivity contribution < 1.29 is 14.1 Å². The number of likely N-dealkylation sites (tertiary alicyclic amines) is 1. The first kappa shape index (κ1) is 17.3. The van der Waals surface area contributed by atoms with Crippen LogP contribution >= 0.6 is 0 Å². The fourth-order valence-corrected chi connectivity index (χ4v) is 3.33. The molecule has 27 heavy (non-hydrogen) atoms. The standard InChI is InChI=1S/C21H21N3O3/c1-15-7-5-10-17(13-15)26-14-19(25)24-12-6-11-18(24)21-22-20(23-27-21)16-8-3-2-4-9-16/h2-5,7-10,13,18H,6,11-12,14H2,1H3. The maximum absolute atomic E-state index is 12.7. The third-order valence-corrected chi connectivity index (χ3v) is 4.68. The van der Waals surface area contributed by atoms with Gasteiger partial charge in [-0.15, -0.1) is 0 Å². The summed E-state index contributed by atoms with van der Waals surface area (Å²) in [5, 5.41) is 4.07. The molecule has 1 amide bonds. The molecule has 0 aliphatic carbocycles. The third kappa shape index (κ3) is 3.84. The van der Waals surface area contributed by atoms with Crippen molar-refractivity contribution in [2.45, 2.75) is 25.8 Å². The van der Waals surface area contributed by atoms with Crippen LogP contribution in [-0.4, -0.2) is 34.1 Å². The van der Waals surface area contributed by atoms with E-state index in [1.165, 1.54) is 0 Å². The molecule has 1 aliphatic rings. The zero-order valence-corrected chi connectivity index (χ0v) is 15.2. The second-order valence-corrected chi connectivity index (χ2v) is 6.67. The first-order valence-corrected chi connectivity index (χ1v) is 9.09. The van der Waals surface area contributed by atoms with E-state index in [1.807, 2.05) is 61.5 Å². The molecule has 0 N–H and O–H groups in total. The number of ether oxygens (including phenoxy) is 1. The van der Waals surface area contributed by atoms with E-state index in [0.29, 0.717) is 24.0 Å². The van der Waals surface area contributed by atoms with E-state index in [4.69, 9.17) is 9.26 Å². The lowest BCUT2D eigenvalue weighted by molar-refractivity contribution is -0.134. The van der Waals surface area contributed by atoms with Crippen LogP contribution in [0.2, 0.25) is 0 Å². The zero-order chi connectivity index (χ0) is 18.6. The van der Waals surface area contributed by atoms with Crippen LogP contribution in [0.25, 0.3) is 11.4 Å². The van der Waals surface area contributed by atoms with Gasteiger partial charge in [-0.1, -0.05) is 47.6 Å². The predicted octanol–water partition coefficient (Wildman–Crippen LogP) is 3.79. The average molecular weight is 363 g/mol. The summed E-state index contributed by atoms with van der Waals surface area (Å²) < 4.78 is 11.1.